The lowest BCUT2D eigenvalue weighted by Crippen LogP contribution is -2.24. The average Bonchev–Trinajstić information content (AvgIpc) is 3.25. The molecule has 0 radical (unpaired) electrons. The van der Waals surface area contributed by atoms with E-state index >= 15 is 0 Å². The summed E-state index contributed by atoms with van der Waals surface area (Å²) in [5, 5.41) is 2.57. The Morgan fingerprint density at radius 2 is 1.88 bits per heavy atom. The molecule has 0 aliphatic heterocycles. The number of ether oxygens (including phenoxy) is 2. The fourth-order valence-electron chi connectivity index (χ4n) is 3.78. The van der Waals surface area contributed by atoms with E-state index in [-0.39, 0.29) is 17.9 Å². The second-order valence-electron chi connectivity index (χ2n) is 7.45. The van der Waals surface area contributed by atoms with Crippen LogP contribution in [0.3, 0.4) is 0 Å². The van der Waals surface area contributed by atoms with Gasteiger partial charge >= 0.3 is 5.97 Å². The summed E-state index contributed by atoms with van der Waals surface area (Å²) in [6, 6.07) is 15.5. The number of esters is 1. The molecule has 4 rings (SSSR count). The van der Waals surface area contributed by atoms with Crippen molar-refractivity contribution in [3.8, 4) is 28.3 Å². The number of carbonyl (C=O) groups is 1. The van der Waals surface area contributed by atoms with Crippen LogP contribution < -0.4 is 10.3 Å². The molecule has 2 heterocycles. The standard InChI is InChI=1S/C25H24N2O4S/c1-16-14-18(11-12-20(16)30-2)19-15-32-24-22(19)25(29)27(13-7-10-21(28)31-3)23(26-24)17-8-5-4-6-9-17/h4-6,8-9,11-12,14-15H,7,10,13H2,1-3H3. The third-order valence-corrected chi connectivity index (χ3v) is 6.29. The summed E-state index contributed by atoms with van der Waals surface area (Å²) >= 11 is 1.46. The topological polar surface area (TPSA) is 70.4 Å². The van der Waals surface area contributed by atoms with Gasteiger partial charge in [-0.3, -0.25) is 14.2 Å². The minimum absolute atomic E-state index is 0.108. The SMILES string of the molecule is COC(=O)CCCn1c(-c2ccccc2)nc2scc(-c3ccc(OC)c(C)c3)c2c1=O. The van der Waals surface area contributed by atoms with Gasteiger partial charge in [0.2, 0.25) is 0 Å². The molecule has 0 atom stereocenters. The molecule has 0 unspecified atom stereocenters. The van der Waals surface area contributed by atoms with E-state index in [4.69, 9.17) is 14.5 Å². The third kappa shape index (κ3) is 4.16. The number of rotatable bonds is 7. The Morgan fingerprint density at radius 3 is 2.56 bits per heavy atom. The maximum Gasteiger partial charge on any atom is 0.305 e. The Kier molecular flexibility index (Phi) is 6.37. The Morgan fingerprint density at radius 1 is 1.09 bits per heavy atom. The van der Waals surface area contributed by atoms with Gasteiger partial charge < -0.3 is 9.47 Å². The molecule has 0 fully saturated rings. The molecular formula is C25H24N2O4S. The first-order chi connectivity index (χ1) is 15.5. The van der Waals surface area contributed by atoms with Crippen molar-refractivity contribution in [3.63, 3.8) is 0 Å². The van der Waals surface area contributed by atoms with E-state index in [0.717, 1.165) is 28.0 Å². The Labute approximate surface area is 190 Å². The van der Waals surface area contributed by atoms with E-state index in [1.807, 2.05) is 60.8 Å². The fraction of sp³-hybridized carbons (Fsp3) is 0.240. The molecule has 0 aliphatic rings. The van der Waals surface area contributed by atoms with Gasteiger partial charge in [0.1, 0.15) is 16.4 Å². The first kappa shape index (κ1) is 21.8. The van der Waals surface area contributed by atoms with Crippen LogP contribution in [0.25, 0.3) is 32.7 Å². The normalized spacial score (nSPS) is 11.0. The number of carbonyl (C=O) groups excluding carboxylic acids is 1. The summed E-state index contributed by atoms with van der Waals surface area (Å²) in [6.07, 6.45) is 0.726. The molecule has 0 amide bonds. The maximum absolute atomic E-state index is 13.7. The van der Waals surface area contributed by atoms with E-state index in [2.05, 4.69) is 0 Å². The first-order valence-corrected chi connectivity index (χ1v) is 11.2. The van der Waals surface area contributed by atoms with E-state index in [0.29, 0.717) is 29.0 Å². The minimum atomic E-state index is -0.293. The molecule has 7 heteroatoms. The van der Waals surface area contributed by atoms with Gasteiger partial charge in [0.15, 0.2) is 0 Å². The number of nitrogens with zero attached hydrogens (tertiary/aromatic N) is 2. The van der Waals surface area contributed by atoms with Gasteiger partial charge in [-0.2, -0.15) is 0 Å². The van der Waals surface area contributed by atoms with Crippen LogP contribution in [0.5, 0.6) is 5.75 Å². The summed E-state index contributed by atoms with van der Waals surface area (Å²) in [5.74, 6) is 1.11. The van der Waals surface area contributed by atoms with Gasteiger partial charge in [-0.15, -0.1) is 11.3 Å². The van der Waals surface area contributed by atoms with E-state index in [1.54, 1.807) is 11.7 Å². The van der Waals surface area contributed by atoms with Crippen molar-refractivity contribution in [1.29, 1.82) is 0 Å². The molecule has 164 valence electrons. The number of methoxy groups -OCH3 is 2. The van der Waals surface area contributed by atoms with E-state index in [9.17, 15) is 9.59 Å². The summed E-state index contributed by atoms with van der Waals surface area (Å²) in [6.45, 7) is 2.35. The van der Waals surface area contributed by atoms with Crippen molar-refractivity contribution in [3.05, 3.63) is 69.8 Å². The zero-order valence-corrected chi connectivity index (χ0v) is 19.1. The van der Waals surface area contributed by atoms with Crippen LogP contribution in [0.1, 0.15) is 18.4 Å². The van der Waals surface area contributed by atoms with Gasteiger partial charge in [0.05, 0.1) is 19.6 Å². The molecule has 4 aromatic rings. The summed E-state index contributed by atoms with van der Waals surface area (Å²) in [4.78, 5) is 30.9. The molecule has 6 nitrogen and oxygen atoms in total. The monoisotopic (exact) mass is 448 g/mol. The highest BCUT2D eigenvalue weighted by atomic mass is 32.1. The molecule has 0 saturated heterocycles. The molecule has 32 heavy (non-hydrogen) atoms. The zero-order valence-electron chi connectivity index (χ0n) is 18.3. The lowest BCUT2D eigenvalue weighted by molar-refractivity contribution is -0.140. The molecule has 0 saturated carbocycles. The zero-order chi connectivity index (χ0) is 22.7. The fourth-order valence-corrected chi connectivity index (χ4v) is 4.72. The maximum atomic E-state index is 13.7. The summed E-state index contributed by atoms with van der Waals surface area (Å²) < 4.78 is 11.8. The molecule has 2 aromatic heterocycles. The van der Waals surface area contributed by atoms with Crippen molar-refractivity contribution >= 4 is 27.5 Å². The highest BCUT2D eigenvalue weighted by Gasteiger charge is 2.18. The van der Waals surface area contributed by atoms with Crippen LogP contribution in [0.4, 0.5) is 0 Å². The predicted molar refractivity (Wildman–Crippen MR) is 127 cm³/mol. The lowest BCUT2D eigenvalue weighted by atomic mass is 10.0. The molecule has 2 aromatic carbocycles. The predicted octanol–water partition coefficient (Wildman–Crippen LogP) is 5.06. The Bertz CT molecular complexity index is 1330. The van der Waals surface area contributed by atoms with Gasteiger partial charge in [-0.05, 0) is 36.6 Å². The van der Waals surface area contributed by atoms with Crippen LogP contribution >= 0.6 is 11.3 Å². The van der Waals surface area contributed by atoms with Crippen molar-refractivity contribution < 1.29 is 14.3 Å². The van der Waals surface area contributed by atoms with Crippen LogP contribution in [0.2, 0.25) is 0 Å². The highest BCUT2D eigenvalue weighted by Crippen LogP contribution is 2.34. The van der Waals surface area contributed by atoms with E-state index in [1.165, 1.54) is 18.4 Å². The van der Waals surface area contributed by atoms with Gasteiger partial charge in [-0.25, -0.2) is 4.98 Å². The number of aromatic nitrogens is 2. The number of hydrogen-bond acceptors (Lipinski definition) is 6. The second-order valence-corrected chi connectivity index (χ2v) is 8.31. The molecule has 0 bridgehead atoms. The van der Waals surface area contributed by atoms with Crippen LogP contribution in [-0.2, 0) is 16.1 Å². The Hall–Kier alpha value is -3.45. The highest BCUT2D eigenvalue weighted by molar-refractivity contribution is 7.17. The van der Waals surface area contributed by atoms with E-state index < -0.39 is 0 Å². The average molecular weight is 449 g/mol. The Balaban J connectivity index is 1.86. The minimum Gasteiger partial charge on any atom is -0.496 e. The van der Waals surface area contributed by atoms with Crippen molar-refractivity contribution in [2.45, 2.75) is 26.3 Å². The number of benzene rings is 2. The first-order valence-electron chi connectivity index (χ1n) is 10.3. The quantitative estimate of drug-likeness (QED) is 0.370. The van der Waals surface area contributed by atoms with Crippen molar-refractivity contribution in [1.82, 2.24) is 9.55 Å². The van der Waals surface area contributed by atoms with Crippen molar-refractivity contribution in [2.24, 2.45) is 0 Å². The number of fused-ring (bicyclic) bond motifs is 1. The number of aryl methyl sites for hydroxylation is 1. The van der Waals surface area contributed by atoms with Gasteiger partial charge in [-0.1, -0.05) is 36.4 Å². The smallest absolute Gasteiger partial charge is 0.305 e. The molecule has 0 spiro atoms. The third-order valence-electron chi connectivity index (χ3n) is 5.42. The van der Waals surface area contributed by atoms with Crippen molar-refractivity contribution in [2.75, 3.05) is 14.2 Å². The van der Waals surface area contributed by atoms with Crippen LogP contribution in [0.15, 0.2) is 58.7 Å². The number of thiophene rings is 1. The summed E-state index contributed by atoms with van der Waals surface area (Å²) in [7, 11) is 3.01. The van der Waals surface area contributed by atoms with Crippen LogP contribution in [0, 0.1) is 6.92 Å². The molecule has 0 aliphatic carbocycles. The molecular weight excluding hydrogens is 424 g/mol. The lowest BCUT2D eigenvalue weighted by Gasteiger charge is -2.13. The molecule has 0 N–H and O–H groups in total. The number of hydrogen-bond donors (Lipinski definition) is 0. The largest absolute Gasteiger partial charge is 0.496 e. The van der Waals surface area contributed by atoms with Crippen LogP contribution in [-0.4, -0.2) is 29.7 Å². The van der Waals surface area contributed by atoms with Gasteiger partial charge in [0, 0.05) is 29.5 Å². The van der Waals surface area contributed by atoms with Gasteiger partial charge in [0.25, 0.3) is 5.56 Å². The second kappa shape index (κ2) is 9.36. The summed E-state index contributed by atoms with van der Waals surface area (Å²) in [5.41, 5.74) is 3.55.